The molecule has 2 aromatic rings. The summed E-state index contributed by atoms with van der Waals surface area (Å²) in [6.45, 7) is 0.204. The fraction of sp³-hybridized carbons (Fsp3) is 0.316. The van der Waals surface area contributed by atoms with E-state index in [-0.39, 0.29) is 18.3 Å². The molecule has 21 heavy (non-hydrogen) atoms. The van der Waals surface area contributed by atoms with Gasteiger partial charge in [-0.3, -0.25) is 4.79 Å². The van der Waals surface area contributed by atoms with Crippen molar-refractivity contribution in [1.82, 2.24) is 0 Å². The van der Waals surface area contributed by atoms with Crippen LogP contribution in [-0.2, 0) is 4.79 Å². The number of ether oxygens (including phenoxy) is 1. The smallest absolute Gasteiger partial charge is 0.173 e. The van der Waals surface area contributed by atoms with Crippen molar-refractivity contribution in [2.24, 2.45) is 5.92 Å². The van der Waals surface area contributed by atoms with Gasteiger partial charge in [0.25, 0.3) is 0 Å². The first-order valence-electron chi connectivity index (χ1n) is 7.64. The lowest BCUT2D eigenvalue weighted by molar-refractivity contribution is -0.124. The first-order valence-corrected chi connectivity index (χ1v) is 7.64. The lowest BCUT2D eigenvalue weighted by atomic mass is 10.0. The number of ketones is 1. The van der Waals surface area contributed by atoms with Crippen LogP contribution in [0.2, 0.25) is 0 Å². The van der Waals surface area contributed by atoms with Crippen LogP contribution in [0, 0.1) is 5.92 Å². The second-order valence-corrected chi connectivity index (χ2v) is 5.63. The van der Waals surface area contributed by atoms with E-state index in [0.717, 1.165) is 24.2 Å². The molecule has 2 nitrogen and oxygen atoms in total. The first-order chi connectivity index (χ1) is 10.3. The second kappa shape index (κ2) is 6.57. The number of hydrogen-bond donors (Lipinski definition) is 0. The SMILES string of the molecule is O=C(COc1ccc(-c2ccccc2)cc1)C1CCCC1. The van der Waals surface area contributed by atoms with E-state index in [1.165, 1.54) is 18.4 Å². The molecule has 0 atom stereocenters. The van der Waals surface area contributed by atoms with E-state index >= 15 is 0 Å². The Morgan fingerprint density at radius 2 is 1.52 bits per heavy atom. The van der Waals surface area contributed by atoms with E-state index < -0.39 is 0 Å². The number of rotatable bonds is 5. The van der Waals surface area contributed by atoms with Crippen molar-refractivity contribution < 1.29 is 9.53 Å². The van der Waals surface area contributed by atoms with E-state index in [0.29, 0.717) is 0 Å². The molecule has 1 saturated carbocycles. The summed E-state index contributed by atoms with van der Waals surface area (Å²) in [6, 6.07) is 18.2. The Bertz CT molecular complexity index is 581. The van der Waals surface area contributed by atoms with Gasteiger partial charge in [-0.05, 0) is 36.1 Å². The summed E-state index contributed by atoms with van der Waals surface area (Å²) in [5, 5.41) is 0. The lowest BCUT2D eigenvalue weighted by Crippen LogP contribution is -2.19. The molecule has 0 amide bonds. The van der Waals surface area contributed by atoms with Crippen LogP contribution in [0.3, 0.4) is 0 Å². The van der Waals surface area contributed by atoms with Gasteiger partial charge in [0.2, 0.25) is 0 Å². The van der Waals surface area contributed by atoms with E-state index in [1.807, 2.05) is 42.5 Å². The zero-order chi connectivity index (χ0) is 14.5. The molecule has 2 aromatic carbocycles. The molecule has 0 radical (unpaired) electrons. The maximum Gasteiger partial charge on any atom is 0.173 e. The Balaban J connectivity index is 1.58. The molecular weight excluding hydrogens is 260 g/mol. The van der Waals surface area contributed by atoms with E-state index in [2.05, 4.69) is 12.1 Å². The quantitative estimate of drug-likeness (QED) is 0.806. The molecule has 0 spiro atoms. The predicted molar refractivity (Wildman–Crippen MR) is 84.3 cm³/mol. The minimum absolute atomic E-state index is 0.204. The topological polar surface area (TPSA) is 26.3 Å². The van der Waals surface area contributed by atoms with Gasteiger partial charge in [0.1, 0.15) is 12.4 Å². The van der Waals surface area contributed by atoms with Crippen molar-refractivity contribution in [1.29, 1.82) is 0 Å². The van der Waals surface area contributed by atoms with Gasteiger partial charge in [-0.25, -0.2) is 0 Å². The Hall–Kier alpha value is -2.09. The summed E-state index contributed by atoms with van der Waals surface area (Å²) < 4.78 is 5.62. The molecule has 0 aromatic heterocycles. The molecule has 0 N–H and O–H groups in total. The van der Waals surface area contributed by atoms with E-state index in [4.69, 9.17) is 4.74 Å². The Morgan fingerprint density at radius 1 is 0.905 bits per heavy atom. The van der Waals surface area contributed by atoms with Gasteiger partial charge in [0, 0.05) is 5.92 Å². The molecule has 2 heteroatoms. The Kier molecular flexibility index (Phi) is 4.34. The highest BCUT2D eigenvalue weighted by Crippen LogP contribution is 2.26. The van der Waals surface area contributed by atoms with Crippen LogP contribution in [0.5, 0.6) is 5.75 Å². The van der Waals surface area contributed by atoms with Crippen LogP contribution >= 0.6 is 0 Å². The fourth-order valence-electron chi connectivity index (χ4n) is 2.89. The van der Waals surface area contributed by atoms with Crippen LogP contribution in [0.1, 0.15) is 25.7 Å². The second-order valence-electron chi connectivity index (χ2n) is 5.63. The van der Waals surface area contributed by atoms with E-state index in [1.54, 1.807) is 0 Å². The number of benzene rings is 2. The Morgan fingerprint density at radius 3 is 2.19 bits per heavy atom. The van der Waals surface area contributed by atoms with Gasteiger partial charge >= 0.3 is 0 Å². The summed E-state index contributed by atoms with van der Waals surface area (Å²) in [4.78, 5) is 12.0. The maximum absolute atomic E-state index is 12.0. The molecule has 0 heterocycles. The number of carbonyl (C=O) groups excluding carboxylic acids is 1. The molecule has 0 bridgehead atoms. The lowest BCUT2D eigenvalue weighted by Gasteiger charge is -2.10. The number of Topliss-reactive ketones (excluding diaryl/α,β-unsaturated/α-hetero) is 1. The van der Waals surface area contributed by atoms with Gasteiger partial charge in [-0.1, -0.05) is 55.3 Å². The molecule has 1 aliphatic carbocycles. The number of hydrogen-bond acceptors (Lipinski definition) is 2. The summed E-state index contributed by atoms with van der Waals surface area (Å²) in [5.74, 6) is 1.24. The van der Waals surface area contributed by atoms with Gasteiger partial charge in [-0.2, -0.15) is 0 Å². The van der Waals surface area contributed by atoms with Gasteiger partial charge in [-0.15, -0.1) is 0 Å². The standard InChI is InChI=1S/C19H20O2/c20-19(17-8-4-5-9-17)14-21-18-12-10-16(11-13-18)15-6-2-1-3-7-15/h1-3,6-7,10-13,17H,4-5,8-9,14H2. The van der Waals surface area contributed by atoms with Gasteiger partial charge in [0.05, 0.1) is 0 Å². The third-order valence-corrected chi connectivity index (χ3v) is 4.15. The van der Waals surface area contributed by atoms with Crippen molar-refractivity contribution in [3.8, 4) is 16.9 Å². The monoisotopic (exact) mass is 280 g/mol. The highest BCUT2D eigenvalue weighted by molar-refractivity contribution is 5.82. The fourth-order valence-corrected chi connectivity index (χ4v) is 2.89. The van der Waals surface area contributed by atoms with Crippen molar-refractivity contribution in [2.75, 3.05) is 6.61 Å². The first kappa shape index (κ1) is 13.9. The third-order valence-electron chi connectivity index (χ3n) is 4.15. The normalized spacial score (nSPS) is 15.0. The summed E-state index contributed by atoms with van der Waals surface area (Å²) in [6.07, 6.45) is 4.44. The highest BCUT2D eigenvalue weighted by atomic mass is 16.5. The van der Waals surface area contributed by atoms with Gasteiger partial charge < -0.3 is 4.74 Å². The predicted octanol–water partition coefficient (Wildman–Crippen LogP) is 4.49. The van der Waals surface area contributed by atoms with Crippen molar-refractivity contribution in [3.63, 3.8) is 0 Å². The molecular formula is C19H20O2. The third kappa shape index (κ3) is 3.52. The minimum atomic E-state index is 0.204. The largest absolute Gasteiger partial charge is 0.486 e. The van der Waals surface area contributed by atoms with Crippen LogP contribution in [0.15, 0.2) is 54.6 Å². The summed E-state index contributed by atoms with van der Waals surface area (Å²) >= 11 is 0. The minimum Gasteiger partial charge on any atom is -0.486 e. The summed E-state index contributed by atoms with van der Waals surface area (Å²) in [5.41, 5.74) is 2.34. The van der Waals surface area contributed by atoms with Crippen LogP contribution in [0.4, 0.5) is 0 Å². The van der Waals surface area contributed by atoms with Crippen LogP contribution in [0.25, 0.3) is 11.1 Å². The summed E-state index contributed by atoms with van der Waals surface area (Å²) in [7, 11) is 0. The van der Waals surface area contributed by atoms with Crippen molar-refractivity contribution in [3.05, 3.63) is 54.6 Å². The van der Waals surface area contributed by atoms with E-state index in [9.17, 15) is 4.79 Å². The van der Waals surface area contributed by atoms with Crippen LogP contribution < -0.4 is 4.74 Å². The zero-order valence-electron chi connectivity index (χ0n) is 12.1. The highest BCUT2D eigenvalue weighted by Gasteiger charge is 2.22. The molecule has 0 unspecified atom stereocenters. The molecule has 3 rings (SSSR count). The Labute approximate surface area is 125 Å². The molecule has 0 saturated heterocycles. The van der Waals surface area contributed by atoms with Gasteiger partial charge in [0.15, 0.2) is 5.78 Å². The van der Waals surface area contributed by atoms with Crippen LogP contribution in [-0.4, -0.2) is 12.4 Å². The zero-order valence-corrected chi connectivity index (χ0v) is 12.1. The maximum atomic E-state index is 12.0. The number of carbonyl (C=O) groups is 1. The van der Waals surface area contributed by atoms with Crippen molar-refractivity contribution in [2.45, 2.75) is 25.7 Å². The molecule has 0 aliphatic heterocycles. The van der Waals surface area contributed by atoms with Crippen molar-refractivity contribution >= 4 is 5.78 Å². The molecule has 108 valence electrons. The average Bonchev–Trinajstić information content (AvgIpc) is 3.08. The molecule has 1 fully saturated rings. The molecule has 1 aliphatic rings. The average molecular weight is 280 g/mol.